The van der Waals surface area contributed by atoms with E-state index in [9.17, 15) is 4.79 Å². The number of pyridine rings is 1. The van der Waals surface area contributed by atoms with Crippen molar-refractivity contribution in [2.75, 3.05) is 13.2 Å². The molecule has 0 aliphatic heterocycles. The first-order valence-electron chi connectivity index (χ1n) is 6.83. The van der Waals surface area contributed by atoms with Crippen LogP contribution in [0.4, 0.5) is 0 Å². The topological polar surface area (TPSA) is 48.4 Å². The van der Waals surface area contributed by atoms with Gasteiger partial charge < -0.3 is 9.47 Å². The van der Waals surface area contributed by atoms with Gasteiger partial charge in [0.15, 0.2) is 6.61 Å². The van der Waals surface area contributed by atoms with Gasteiger partial charge in [0.05, 0.1) is 12.1 Å². The van der Waals surface area contributed by atoms with Crippen LogP contribution in [0.5, 0.6) is 5.75 Å². The van der Waals surface area contributed by atoms with Crippen LogP contribution in [0.3, 0.4) is 0 Å². The fraction of sp³-hybridized carbons (Fsp3) is 0.375. The van der Waals surface area contributed by atoms with Crippen LogP contribution in [0.2, 0.25) is 0 Å². The van der Waals surface area contributed by atoms with E-state index in [-0.39, 0.29) is 12.6 Å². The minimum atomic E-state index is -0.359. The number of hydrogen-bond donors (Lipinski definition) is 0. The van der Waals surface area contributed by atoms with E-state index in [2.05, 4.69) is 18.0 Å². The highest BCUT2D eigenvalue weighted by atomic mass is 16.6. The summed E-state index contributed by atoms with van der Waals surface area (Å²) in [5, 5.41) is 0.930. The number of nitrogens with zero attached hydrogens (tertiary/aromatic N) is 1. The molecule has 1 aromatic heterocycles. The minimum absolute atomic E-state index is 0.0806. The molecule has 0 saturated heterocycles. The summed E-state index contributed by atoms with van der Waals surface area (Å²) in [6.45, 7) is 6.07. The van der Waals surface area contributed by atoms with Crippen molar-refractivity contribution in [2.24, 2.45) is 0 Å². The summed E-state index contributed by atoms with van der Waals surface area (Å²) in [6.07, 6.45) is 0.908. The molecule has 0 fully saturated rings. The van der Waals surface area contributed by atoms with Crippen molar-refractivity contribution in [1.82, 2.24) is 4.98 Å². The number of ether oxygens (including phenoxy) is 2. The maximum atomic E-state index is 11.4. The molecule has 0 unspecified atom stereocenters. The van der Waals surface area contributed by atoms with Crippen molar-refractivity contribution in [3.8, 4) is 5.75 Å². The van der Waals surface area contributed by atoms with Crippen LogP contribution in [-0.2, 0) is 16.0 Å². The number of carbonyl (C=O) groups excluding carboxylic acids is 1. The number of fused-ring (bicyclic) bond motifs is 1. The molecule has 1 aromatic carbocycles. The van der Waals surface area contributed by atoms with E-state index in [1.165, 1.54) is 5.56 Å². The minimum Gasteiger partial charge on any atom is -0.481 e. The molecule has 20 heavy (non-hydrogen) atoms. The molecule has 0 amide bonds. The number of rotatable bonds is 5. The molecule has 2 aromatic rings. The Morgan fingerprint density at radius 2 is 2.10 bits per heavy atom. The molecule has 0 radical (unpaired) electrons. The van der Waals surface area contributed by atoms with Crippen molar-refractivity contribution in [3.05, 3.63) is 35.5 Å². The third kappa shape index (κ3) is 3.07. The number of aryl methyl sites for hydroxylation is 2. The van der Waals surface area contributed by atoms with Crippen LogP contribution >= 0.6 is 0 Å². The highest BCUT2D eigenvalue weighted by Gasteiger charge is 2.10. The summed E-state index contributed by atoms with van der Waals surface area (Å²) in [6, 6.07) is 7.85. The van der Waals surface area contributed by atoms with Crippen LogP contribution in [0.15, 0.2) is 24.3 Å². The Morgan fingerprint density at radius 1 is 1.30 bits per heavy atom. The lowest BCUT2D eigenvalue weighted by molar-refractivity contribution is -0.145. The van der Waals surface area contributed by atoms with E-state index < -0.39 is 0 Å². The second kappa shape index (κ2) is 6.37. The number of para-hydroxylation sites is 1. The summed E-state index contributed by atoms with van der Waals surface area (Å²) >= 11 is 0. The number of esters is 1. The Hall–Kier alpha value is -2.10. The SMILES string of the molecule is CCOC(=O)COc1cc(C)nc2c(CC)cccc12. The molecule has 1 heterocycles. The average molecular weight is 273 g/mol. The quantitative estimate of drug-likeness (QED) is 0.786. The van der Waals surface area contributed by atoms with E-state index in [0.717, 1.165) is 23.0 Å². The molecule has 0 aliphatic rings. The third-order valence-electron chi connectivity index (χ3n) is 3.04. The Morgan fingerprint density at radius 3 is 2.80 bits per heavy atom. The van der Waals surface area contributed by atoms with Gasteiger partial charge in [0.25, 0.3) is 0 Å². The van der Waals surface area contributed by atoms with E-state index in [0.29, 0.717) is 12.4 Å². The van der Waals surface area contributed by atoms with Crippen LogP contribution in [0.1, 0.15) is 25.1 Å². The third-order valence-corrected chi connectivity index (χ3v) is 3.04. The lowest BCUT2D eigenvalue weighted by Crippen LogP contribution is -2.14. The van der Waals surface area contributed by atoms with Gasteiger partial charge in [-0.05, 0) is 31.9 Å². The van der Waals surface area contributed by atoms with E-state index in [1.807, 2.05) is 25.1 Å². The highest BCUT2D eigenvalue weighted by molar-refractivity contribution is 5.88. The molecule has 0 N–H and O–H groups in total. The monoisotopic (exact) mass is 273 g/mol. The van der Waals surface area contributed by atoms with Gasteiger partial charge in [-0.2, -0.15) is 0 Å². The van der Waals surface area contributed by atoms with Gasteiger partial charge in [-0.3, -0.25) is 4.98 Å². The average Bonchev–Trinajstić information content (AvgIpc) is 2.44. The first kappa shape index (κ1) is 14.3. The predicted octanol–water partition coefficient (Wildman–Crippen LogP) is 3.05. The standard InChI is InChI=1S/C16H19NO3/c1-4-12-7-6-8-13-14(9-11(3)17-16(12)13)20-10-15(18)19-5-2/h6-9H,4-5,10H2,1-3H3. The Balaban J connectivity index is 2.35. The van der Waals surface area contributed by atoms with Crippen molar-refractivity contribution in [3.63, 3.8) is 0 Å². The van der Waals surface area contributed by atoms with Crippen LogP contribution < -0.4 is 4.74 Å². The summed E-state index contributed by atoms with van der Waals surface area (Å²) in [4.78, 5) is 16.0. The number of carbonyl (C=O) groups is 1. The molecule has 0 atom stereocenters. The van der Waals surface area contributed by atoms with Crippen molar-refractivity contribution >= 4 is 16.9 Å². The smallest absolute Gasteiger partial charge is 0.344 e. The molecular formula is C16H19NO3. The van der Waals surface area contributed by atoms with Gasteiger partial charge >= 0.3 is 5.97 Å². The fourth-order valence-corrected chi connectivity index (χ4v) is 2.14. The largest absolute Gasteiger partial charge is 0.481 e. The van der Waals surface area contributed by atoms with E-state index in [4.69, 9.17) is 9.47 Å². The summed E-state index contributed by atoms with van der Waals surface area (Å²) in [5.41, 5.74) is 2.98. The lowest BCUT2D eigenvalue weighted by Gasteiger charge is -2.11. The number of benzene rings is 1. The Bertz CT molecular complexity index is 622. The van der Waals surface area contributed by atoms with Crippen molar-refractivity contribution < 1.29 is 14.3 Å². The second-order valence-electron chi connectivity index (χ2n) is 4.52. The fourth-order valence-electron chi connectivity index (χ4n) is 2.14. The van der Waals surface area contributed by atoms with Crippen molar-refractivity contribution in [2.45, 2.75) is 27.2 Å². The van der Waals surface area contributed by atoms with E-state index in [1.54, 1.807) is 6.92 Å². The molecule has 2 rings (SSSR count). The molecule has 0 saturated carbocycles. The molecule has 0 bridgehead atoms. The zero-order valence-corrected chi connectivity index (χ0v) is 12.1. The van der Waals surface area contributed by atoms with Gasteiger partial charge in [-0.25, -0.2) is 4.79 Å². The summed E-state index contributed by atoms with van der Waals surface area (Å²) in [5.74, 6) is 0.317. The Labute approximate surface area is 118 Å². The highest BCUT2D eigenvalue weighted by Crippen LogP contribution is 2.28. The van der Waals surface area contributed by atoms with Crippen LogP contribution in [0, 0.1) is 6.92 Å². The first-order valence-corrected chi connectivity index (χ1v) is 6.83. The van der Waals surface area contributed by atoms with Gasteiger partial charge in [0, 0.05) is 17.1 Å². The summed E-state index contributed by atoms with van der Waals surface area (Å²) in [7, 11) is 0. The predicted molar refractivity (Wildman–Crippen MR) is 78.0 cm³/mol. The molecule has 4 nitrogen and oxygen atoms in total. The van der Waals surface area contributed by atoms with Gasteiger partial charge in [0.1, 0.15) is 5.75 Å². The molecule has 4 heteroatoms. The number of hydrogen-bond acceptors (Lipinski definition) is 4. The maximum absolute atomic E-state index is 11.4. The van der Waals surface area contributed by atoms with E-state index >= 15 is 0 Å². The lowest BCUT2D eigenvalue weighted by atomic mass is 10.1. The van der Waals surface area contributed by atoms with Gasteiger partial charge in [-0.1, -0.05) is 19.1 Å². The maximum Gasteiger partial charge on any atom is 0.344 e. The van der Waals surface area contributed by atoms with Crippen LogP contribution in [0.25, 0.3) is 10.9 Å². The van der Waals surface area contributed by atoms with Gasteiger partial charge in [-0.15, -0.1) is 0 Å². The van der Waals surface area contributed by atoms with Gasteiger partial charge in [0.2, 0.25) is 0 Å². The van der Waals surface area contributed by atoms with Crippen LogP contribution in [-0.4, -0.2) is 24.2 Å². The molecular weight excluding hydrogens is 254 g/mol. The second-order valence-corrected chi connectivity index (χ2v) is 4.52. The molecule has 0 aliphatic carbocycles. The molecule has 106 valence electrons. The zero-order valence-electron chi connectivity index (χ0n) is 12.1. The normalized spacial score (nSPS) is 10.6. The van der Waals surface area contributed by atoms with Crippen molar-refractivity contribution in [1.29, 1.82) is 0 Å². The Kier molecular flexibility index (Phi) is 4.56. The number of aromatic nitrogens is 1. The zero-order chi connectivity index (χ0) is 14.5. The molecule has 0 spiro atoms. The first-order chi connectivity index (χ1) is 9.65. The summed E-state index contributed by atoms with van der Waals surface area (Å²) < 4.78 is 10.5.